The zero-order valence-electron chi connectivity index (χ0n) is 11.1. The maximum atomic E-state index is 9.65. The van der Waals surface area contributed by atoms with Crippen molar-refractivity contribution < 1.29 is 9.84 Å². The minimum atomic E-state index is -0.285. The third-order valence-corrected chi connectivity index (χ3v) is 3.59. The fraction of sp³-hybridized carbons (Fsp3) is 0.571. The summed E-state index contributed by atoms with van der Waals surface area (Å²) in [6, 6.07) is 5.53. The summed E-state index contributed by atoms with van der Waals surface area (Å²) in [4.78, 5) is 0. The van der Waals surface area contributed by atoms with Crippen molar-refractivity contribution in [2.24, 2.45) is 11.1 Å². The predicted molar refractivity (Wildman–Crippen MR) is 75.2 cm³/mol. The van der Waals surface area contributed by atoms with E-state index >= 15 is 0 Å². The largest absolute Gasteiger partial charge is 0.496 e. The zero-order valence-corrected chi connectivity index (χ0v) is 11.8. The molecule has 0 radical (unpaired) electrons. The highest BCUT2D eigenvalue weighted by Gasteiger charge is 2.28. The topological polar surface area (TPSA) is 55.5 Å². The lowest BCUT2D eigenvalue weighted by Crippen LogP contribution is -2.36. The van der Waals surface area contributed by atoms with Crippen molar-refractivity contribution in [2.45, 2.75) is 26.2 Å². The first-order valence-corrected chi connectivity index (χ1v) is 6.62. The van der Waals surface area contributed by atoms with Crippen molar-refractivity contribution in [3.05, 3.63) is 28.8 Å². The normalized spacial score (nSPS) is 14.3. The molecular weight excluding hydrogens is 250 g/mol. The minimum Gasteiger partial charge on any atom is -0.496 e. The van der Waals surface area contributed by atoms with Gasteiger partial charge in [0.25, 0.3) is 0 Å². The summed E-state index contributed by atoms with van der Waals surface area (Å²) in [5.74, 6) is 0.793. The van der Waals surface area contributed by atoms with E-state index in [0.29, 0.717) is 18.0 Å². The molecule has 4 heteroatoms. The van der Waals surface area contributed by atoms with Crippen LogP contribution in [0.4, 0.5) is 0 Å². The van der Waals surface area contributed by atoms with Crippen molar-refractivity contribution in [1.82, 2.24) is 0 Å². The van der Waals surface area contributed by atoms with Gasteiger partial charge in [0.2, 0.25) is 0 Å². The number of aliphatic hydroxyl groups is 1. The van der Waals surface area contributed by atoms with Gasteiger partial charge in [0.05, 0.1) is 13.7 Å². The van der Waals surface area contributed by atoms with Crippen LogP contribution in [0.3, 0.4) is 0 Å². The number of halogens is 1. The number of rotatable bonds is 7. The molecule has 1 aromatic rings. The Kier molecular flexibility index (Phi) is 5.93. The van der Waals surface area contributed by atoms with Gasteiger partial charge in [-0.3, -0.25) is 0 Å². The van der Waals surface area contributed by atoms with E-state index in [-0.39, 0.29) is 12.0 Å². The van der Waals surface area contributed by atoms with Crippen LogP contribution in [0.15, 0.2) is 18.2 Å². The van der Waals surface area contributed by atoms with Crippen LogP contribution >= 0.6 is 11.6 Å². The third kappa shape index (κ3) is 3.61. The van der Waals surface area contributed by atoms with Gasteiger partial charge in [0, 0.05) is 17.0 Å². The molecule has 0 aliphatic carbocycles. The first-order chi connectivity index (χ1) is 8.60. The molecule has 0 aliphatic rings. The highest BCUT2D eigenvalue weighted by Crippen LogP contribution is 2.32. The maximum Gasteiger partial charge on any atom is 0.122 e. The summed E-state index contributed by atoms with van der Waals surface area (Å²) >= 11 is 6.02. The second-order valence-electron chi connectivity index (χ2n) is 4.75. The Morgan fingerprint density at radius 2 is 2.17 bits per heavy atom. The van der Waals surface area contributed by atoms with Crippen LogP contribution in [0.25, 0.3) is 0 Å². The Hall–Kier alpha value is -0.770. The summed E-state index contributed by atoms with van der Waals surface area (Å²) in [5.41, 5.74) is 6.56. The van der Waals surface area contributed by atoms with E-state index in [1.54, 1.807) is 13.2 Å². The van der Waals surface area contributed by atoms with E-state index in [1.807, 2.05) is 12.1 Å². The van der Waals surface area contributed by atoms with Crippen LogP contribution in [0.5, 0.6) is 5.75 Å². The Bertz CT molecular complexity index is 378. The van der Waals surface area contributed by atoms with Crippen molar-refractivity contribution in [3.63, 3.8) is 0 Å². The first-order valence-electron chi connectivity index (χ1n) is 6.24. The van der Waals surface area contributed by atoms with Gasteiger partial charge in [-0.05, 0) is 36.6 Å². The van der Waals surface area contributed by atoms with Gasteiger partial charge in [-0.1, -0.05) is 24.9 Å². The zero-order chi connectivity index (χ0) is 13.6. The third-order valence-electron chi connectivity index (χ3n) is 3.36. The van der Waals surface area contributed by atoms with Gasteiger partial charge in [0.1, 0.15) is 5.75 Å². The molecule has 18 heavy (non-hydrogen) atoms. The molecule has 3 N–H and O–H groups in total. The molecule has 0 amide bonds. The molecule has 0 spiro atoms. The molecular formula is C14H22ClNO2. The smallest absolute Gasteiger partial charge is 0.122 e. The first kappa shape index (κ1) is 15.3. The van der Waals surface area contributed by atoms with E-state index in [4.69, 9.17) is 22.1 Å². The Balaban J connectivity index is 3.02. The molecule has 0 saturated heterocycles. The van der Waals surface area contributed by atoms with E-state index in [0.717, 1.165) is 24.2 Å². The molecule has 3 nitrogen and oxygen atoms in total. The van der Waals surface area contributed by atoms with E-state index in [1.165, 1.54) is 0 Å². The summed E-state index contributed by atoms with van der Waals surface area (Å²) in [5, 5.41) is 10.3. The van der Waals surface area contributed by atoms with E-state index < -0.39 is 0 Å². The molecule has 0 fully saturated rings. The molecule has 1 rings (SSSR count). The van der Waals surface area contributed by atoms with Crippen molar-refractivity contribution in [3.8, 4) is 5.75 Å². The second-order valence-corrected chi connectivity index (χ2v) is 5.18. The lowest BCUT2D eigenvalue weighted by Gasteiger charge is -2.31. The predicted octanol–water partition coefficient (Wildman–Crippen LogP) is 2.63. The number of methoxy groups -OCH3 is 1. The molecule has 0 aliphatic heterocycles. The molecule has 1 aromatic carbocycles. The Labute approximate surface area is 114 Å². The molecule has 102 valence electrons. The maximum absolute atomic E-state index is 9.65. The summed E-state index contributed by atoms with van der Waals surface area (Å²) < 4.78 is 5.33. The molecule has 0 aromatic heterocycles. The monoisotopic (exact) mass is 271 g/mol. The summed E-state index contributed by atoms with van der Waals surface area (Å²) in [6.45, 7) is 2.62. The van der Waals surface area contributed by atoms with Gasteiger partial charge in [0.15, 0.2) is 0 Å². The lowest BCUT2D eigenvalue weighted by molar-refractivity contribution is 0.120. The summed E-state index contributed by atoms with van der Waals surface area (Å²) in [6.07, 6.45) is 2.55. The average molecular weight is 272 g/mol. The number of nitrogens with two attached hydrogens (primary N) is 1. The van der Waals surface area contributed by atoms with Crippen molar-refractivity contribution in [1.29, 1.82) is 0 Å². The quantitative estimate of drug-likeness (QED) is 0.802. The number of aliphatic hydroxyl groups excluding tert-OH is 1. The molecule has 0 bridgehead atoms. The van der Waals surface area contributed by atoms with Crippen LogP contribution in [-0.4, -0.2) is 25.4 Å². The SMILES string of the molecule is CCCC(CN)(CO)Cc1cc(Cl)ccc1OC. The minimum absolute atomic E-state index is 0.0764. The molecule has 0 saturated carbocycles. The van der Waals surface area contributed by atoms with Gasteiger partial charge in [-0.2, -0.15) is 0 Å². The van der Waals surface area contributed by atoms with Crippen LogP contribution in [0, 0.1) is 5.41 Å². The number of hydrogen-bond donors (Lipinski definition) is 2. The second kappa shape index (κ2) is 6.98. The fourth-order valence-electron chi connectivity index (χ4n) is 2.28. The summed E-state index contributed by atoms with van der Waals surface area (Å²) in [7, 11) is 1.63. The number of ether oxygens (including phenoxy) is 1. The van der Waals surface area contributed by atoms with Gasteiger partial charge >= 0.3 is 0 Å². The van der Waals surface area contributed by atoms with Crippen LogP contribution in [0.2, 0.25) is 5.02 Å². The van der Waals surface area contributed by atoms with Crippen molar-refractivity contribution in [2.75, 3.05) is 20.3 Å². The van der Waals surface area contributed by atoms with Crippen LogP contribution in [0.1, 0.15) is 25.3 Å². The van der Waals surface area contributed by atoms with Crippen LogP contribution in [-0.2, 0) is 6.42 Å². The number of benzene rings is 1. The Morgan fingerprint density at radius 1 is 1.44 bits per heavy atom. The molecule has 1 unspecified atom stereocenters. The number of hydrogen-bond acceptors (Lipinski definition) is 3. The van der Waals surface area contributed by atoms with E-state index in [9.17, 15) is 5.11 Å². The van der Waals surface area contributed by atoms with Gasteiger partial charge in [-0.25, -0.2) is 0 Å². The van der Waals surface area contributed by atoms with Gasteiger partial charge in [-0.15, -0.1) is 0 Å². The highest BCUT2D eigenvalue weighted by atomic mass is 35.5. The van der Waals surface area contributed by atoms with Crippen LogP contribution < -0.4 is 10.5 Å². The fourth-order valence-corrected chi connectivity index (χ4v) is 2.48. The van der Waals surface area contributed by atoms with E-state index in [2.05, 4.69) is 6.92 Å². The Morgan fingerprint density at radius 3 is 2.67 bits per heavy atom. The highest BCUT2D eigenvalue weighted by molar-refractivity contribution is 6.30. The van der Waals surface area contributed by atoms with Gasteiger partial charge < -0.3 is 15.6 Å². The molecule has 0 heterocycles. The van der Waals surface area contributed by atoms with Crippen molar-refractivity contribution >= 4 is 11.6 Å². The average Bonchev–Trinajstić information content (AvgIpc) is 2.38. The standard InChI is InChI=1S/C14H22ClNO2/c1-3-6-14(9-16,10-17)8-11-7-12(15)4-5-13(11)18-2/h4-5,7,17H,3,6,8-10,16H2,1-2H3. The molecule has 1 atom stereocenters. The lowest BCUT2D eigenvalue weighted by atomic mass is 9.78.